The van der Waals surface area contributed by atoms with Crippen molar-refractivity contribution >= 4 is 0 Å². The summed E-state index contributed by atoms with van der Waals surface area (Å²) in [5.74, 6) is 12.8. The van der Waals surface area contributed by atoms with Crippen molar-refractivity contribution in [3.8, 4) is 0 Å². The summed E-state index contributed by atoms with van der Waals surface area (Å²) in [6.45, 7) is 16.4. The van der Waals surface area contributed by atoms with Gasteiger partial charge in [-0.3, -0.25) is 0 Å². The first-order chi connectivity index (χ1) is 12.8. The Morgan fingerprint density at radius 3 is 2.19 bits per heavy atom. The molecule has 15 unspecified atom stereocenters. The Balaban J connectivity index is 1.52. The lowest BCUT2D eigenvalue weighted by atomic mass is 9.27. The summed E-state index contributed by atoms with van der Waals surface area (Å²) in [7, 11) is 0. The second-order valence-electron chi connectivity index (χ2n) is 13.7. The maximum Gasteiger partial charge on any atom is -0.0215 e. The zero-order chi connectivity index (χ0) is 18.7. The summed E-state index contributed by atoms with van der Waals surface area (Å²) in [5, 5.41) is 0. The number of hydrogen-bond acceptors (Lipinski definition) is 0. The Kier molecular flexibility index (Phi) is 2.80. The standard InChI is InChI=1S/C27H42/c1-13-10-20-18-7-8-25(5)15(3)21-22(16(4)26(13,25)6)23(18)24(21)19-12-27(20)11-17(19)9-14(27)2/h13-24H,7-12H2,1-6H3. The lowest BCUT2D eigenvalue weighted by Gasteiger charge is -2.77. The lowest BCUT2D eigenvalue weighted by Crippen LogP contribution is -2.72. The van der Waals surface area contributed by atoms with Crippen molar-refractivity contribution in [1.29, 1.82) is 0 Å². The molecule has 0 aromatic carbocycles. The molecular formula is C27H42. The van der Waals surface area contributed by atoms with Crippen molar-refractivity contribution in [3.63, 3.8) is 0 Å². The van der Waals surface area contributed by atoms with E-state index in [9.17, 15) is 0 Å². The monoisotopic (exact) mass is 366 g/mol. The molecule has 0 aliphatic heterocycles. The fourth-order valence-corrected chi connectivity index (χ4v) is 13.1. The van der Waals surface area contributed by atoms with Gasteiger partial charge in [0.05, 0.1) is 0 Å². The van der Waals surface area contributed by atoms with E-state index in [0.717, 1.165) is 76.4 Å². The summed E-state index contributed by atoms with van der Waals surface area (Å²) in [6.07, 6.45) is 9.62. The summed E-state index contributed by atoms with van der Waals surface area (Å²) in [6, 6.07) is 0. The van der Waals surface area contributed by atoms with Crippen LogP contribution in [0.4, 0.5) is 0 Å². The van der Waals surface area contributed by atoms with E-state index in [-0.39, 0.29) is 0 Å². The molecule has 0 spiro atoms. The first-order valence-corrected chi connectivity index (χ1v) is 12.8. The molecule has 9 fully saturated rings. The van der Waals surface area contributed by atoms with Crippen molar-refractivity contribution < 1.29 is 0 Å². The summed E-state index contributed by atoms with van der Waals surface area (Å²) in [4.78, 5) is 0. The maximum atomic E-state index is 2.79. The zero-order valence-electron chi connectivity index (χ0n) is 18.7. The van der Waals surface area contributed by atoms with E-state index in [2.05, 4.69) is 41.5 Å². The molecule has 0 aromatic heterocycles. The minimum Gasteiger partial charge on any atom is -0.0620 e. The van der Waals surface area contributed by atoms with Gasteiger partial charge in [-0.05, 0) is 126 Å². The fraction of sp³-hybridized carbons (Fsp3) is 1.00. The van der Waals surface area contributed by atoms with Gasteiger partial charge in [-0.2, -0.15) is 0 Å². The van der Waals surface area contributed by atoms with Gasteiger partial charge in [0.1, 0.15) is 0 Å². The summed E-state index contributed by atoms with van der Waals surface area (Å²) in [5.41, 5.74) is 1.93. The van der Waals surface area contributed by atoms with E-state index in [1.807, 2.05) is 0 Å². The quantitative estimate of drug-likeness (QED) is 0.499. The highest BCUT2D eigenvalue weighted by Gasteiger charge is 2.78. The SMILES string of the molecule is CC1CC2CC13C1CC(C)C4(C)C(C)C5C6C1CCC4(C)C(C)C5C6C2C3. The molecule has 9 rings (SSSR count). The molecule has 0 N–H and O–H groups in total. The largest absolute Gasteiger partial charge is 0.0620 e. The van der Waals surface area contributed by atoms with Crippen LogP contribution in [0.15, 0.2) is 0 Å². The third kappa shape index (κ3) is 1.41. The van der Waals surface area contributed by atoms with Crippen LogP contribution >= 0.6 is 0 Å². The highest BCUT2D eigenvalue weighted by atomic mass is 14.8. The van der Waals surface area contributed by atoms with Crippen molar-refractivity contribution in [1.82, 2.24) is 0 Å². The molecule has 150 valence electrons. The Morgan fingerprint density at radius 1 is 0.704 bits per heavy atom. The van der Waals surface area contributed by atoms with Crippen LogP contribution in [0.2, 0.25) is 0 Å². The first kappa shape index (κ1) is 16.8. The molecule has 27 heavy (non-hydrogen) atoms. The lowest BCUT2D eigenvalue weighted by molar-refractivity contribution is -0.299. The van der Waals surface area contributed by atoms with E-state index in [0.29, 0.717) is 10.8 Å². The van der Waals surface area contributed by atoms with Crippen LogP contribution in [0.3, 0.4) is 0 Å². The molecule has 8 bridgehead atoms. The van der Waals surface area contributed by atoms with Crippen LogP contribution in [0.25, 0.3) is 0 Å². The van der Waals surface area contributed by atoms with Gasteiger partial charge in [-0.15, -0.1) is 0 Å². The Hall–Kier alpha value is 0. The van der Waals surface area contributed by atoms with Crippen LogP contribution in [-0.4, -0.2) is 0 Å². The molecule has 0 heterocycles. The third-order valence-corrected chi connectivity index (χ3v) is 14.5. The average molecular weight is 367 g/mol. The van der Waals surface area contributed by atoms with Crippen LogP contribution < -0.4 is 0 Å². The van der Waals surface area contributed by atoms with Crippen molar-refractivity contribution in [2.24, 2.45) is 87.3 Å². The summed E-state index contributed by atoms with van der Waals surface area (Å²) < 4.78 is 0. The molecule has 0 amide bonds. The van der Waals surface area contributed by atoms with Crippen molar-refractivity contribution in [2.45, 2.75) is 80.1 Å². The van der Waals surface area contributed by atoms with E-state index in [1.54, 1.807) is 38.5 Å². The van der Waals surface area contributed by atoms with Gasteiger partial charge in [0.2, 0.25) is 0 Å². The maximum absolute atomic E-state index is 2.79. The molecule has 9 aliphatic rings. The van der Waals surface area contributed by atoms with E-state index in [4.69, 9.17) is 0 Å². The normalized spacial score (nSPS) is 75.3. The van der Waals surface area contributed by atoms with Gasteiger partial charge in [0, 0.05) is 0 Å². The predicted octanol–water partition coefficient (Wildman–Crippen LogP) is 6.90. The molecule has 0 saturated heterocycles. The van der Waals surface area contributed by atoms with E-state index >= 15 is 0 Å². The summed E-state index contributed by atoms with van der Waals surface area (Å²) >= 11 is 0. The second kappa shape index (κ2) is 4.51. The Labute approximate surface area is 167 Å². The minimum absolute atomic E-state index is 0.571. The molecule has 15 atom stereocenters. The first-order valence-electron chi connectivity index (χ1n) is 12.8. The van der Waals surface area contributed by atoms with Gasteiger partial charge in [-0.1, -0.05) is 41.5 Å². The Bertz CT molecular complexity index is 709. The van der Waals surface area contributed by atoms with E-state index < -0.39 is 0 Å². The molecule has 0 aromatic rings. The van der Waals surface area contributed by atoms with Crippen LogP contribution in [0.5, 0.6) is 0 Å². The van der Waals surface area contributed by atoms with Crippen molar-refractivity contribution in [3.05, 3.63) is 0 Å². The smallest absolute Gasteiger partial charge is 0.0215 e. The molecule has 0 radical (unpaired) electrons. The third-order valence-electron chi connectivity index (χ3n) is 14.5. The second-order valence-corrected chi connectivity index (χ2v) is 13.7. The fourth-order valence-electron chi connectivity index (χ4n) is 13.1. The van der Waals surface area contributed by atoms with E-state index in [1.165, 1.54) is 0 Å². The molecule has 9 aliphatic carbocycles. The molecule has 0 nitrogen and oxygen atoms in total. The number of hydrogen-bond donors (Lipinski definition) is 0. The topological polar surface area (TPSA) is 0 Å². The van der Waals surface area contributed by atoms with Gasteiger partial charge in [-0.25, -0.2) is 0 Å². The van der Waals surface area contributed by atoms with Gasteiger partial charge in [0.25, 0.3) is 0 Å². The minimum atomic E-state index is 0.571. The van der Waals surface area contributed by atoms with Gasteiger partial charge >= 0.3 is 0 Å². The number of fused-ring (bicyclic) bond motifs is 5. The average Bonchev–Trinajstić information content (AvgIpc) is 3.09. The Morgan fingerprint density at radius 2 is 1.41 bits per heavy atom. The van der Waals surface area contributed by atoms with Crippen LogP contribution in [0, 0.1) is 87.3 Å². The number of rotatable bonds is 2. The highest BCUT2D eigenvalue weighted by Crippen LogP contribution is 2.84. The van der Waals surface area contributed by atoms with Crippen LogP contribution in [-0.2, 0) is 0 Å². The zero-order valence-corrected chi connectivity index (χ0v) is 18.7. The molecule has 9 saturated carbocycles. The van der Waals surface area contributed by atoms with Gasteiger partial charge < -0.3 is 0 Å². The van der Waals surface area contributed by atoms with Crippen LogP contribution in [0.1, 0.15) is 80.1 Å². The highest BCUT2D eigenvalue weighted by molar-refractivity contribution is 5.26. The predicted molar refractivity (Wildman–Crippen MR) is 111 cm³/mol. The molecular weight excluding hydrogens is 324 g/mol. The van der Waals surface area contributed by atoms with Gasteiger partial charge in [0.15, 0.2) is 0 Å². The molecule has 0 heteroatoms. The van der Waals surface area contributed by atoms with Crippen molar-refractivity contribution in [2.75, 3.05) is 0 Å².